The molecule has 0 aliphatic carbocycles. The van der Waals surface area contributed by atoms with Crippen LogP contribution in [0, 0.1) is 0 Å². The van der Waals surface area contributed by atoms with E-state index in [-0.39, 0.29) is 5.91 Å². The van der Waals surface area contributed by atoms with E-state index in [1.165, 1.54) is 0 Å². The third-order valence-corrected chi connectivity index (χ3v) is 3.97. The Balaban J connectivity index is 1.74. The van der Waals surface area contributed by atoms with Crippen LogP contribution in [0.25, 0.3) is 0 Å². The predicted octanol–water partition coefficient (Wildman–Crippen LogP) is 1.18. The van der Waals surface area contributed by atoms with Crippen LogP contribution in [0.3, 0.4) is 0 Å². The highest BCUT2D eigenvalue weighted by Crippen LogP contribution is 2.28. The van der Waals surface area contributed by atoms with Crippen molar-refractivity contribution in [3.8, 4) is 0 Å². The molecule has 18 heavy (non-hydrogen) atoms. The van der Waals surface area contributed by atoms with Crippen molar-refractivity contribution in [3.63, 3.8) is 0 Å². The molecule has 0 aromatic carbocycles. The summed E-state index contributed by atoms with van der Waals surface area (Å²) in [5, 5.41) is 0. The molecule has 1 aromatic rings. The molecule has 1 atom stereocenters. The molecule has 0 radical (unpaired) electrons. The summed E-state index contributed by atoms with van der Waals surface area (Å²) in [7, 11) is 0. The second kappa shape index (κ2) is 4.39. The lowest BCUT2D eigenvalue weighted by atomic mass is 9.94. The van der Waals surface area contributed by atoms with Crippen LogP contribution >= 0.6 is 0 Å². The third-order valence-electron chi connectivity index (χ3n) is 3.97. The van der Waals surface area contributed by atoms with E-state index >= 15 is 0 Å². The minimum absolute atomic E-state index is 0.134. The topological polar surface area (TPSA) is 47.4 Å². The Morgan fingerprint density at radius 3 is 3.11 bits per heavy atom. The van der Waals surface area contributed by atoms with Crippen LogP contribution in [0.4, 0.5) is 0 Å². The fourth-order valence-electron chi connectivity index (χ4n) is 2.79. The molecule has 0 spiro atoms. The molecule has 98 valence electrons. The summed E-state index contributed by atoms with van der Waals surface area (Å²) in [6.07, 6.45) is 6.64. The Bertz CT molecular complexity index is 449. The minimum Gasteiger partial charge on any atom is -0.365 e. The van der Waals surface area contributed by atoms with Gasteiger partial charge in [-0.15, -0.1) is 0 Å². The Morgan fingerprint density at radius 1 is 1.44 bits per heavy atom. The zero-order valence-corrected chi connectivity index (χ0v) is 10.8. The molecule has 1 amide bonds. The zero-order chi connectivity index (χ0) is 12.6. The van der Waals surface area contributed by atoms with Gasteiger partial charge in [0.05, 0.1) is 18.6 Å². The van der Waals surface area contributed by atoms with Gasteiger partial charge in [-0.1, -0.05) is 0 Å². The molecular formula is C13H19N3O2. The third kappa shape index (κ3) is 1.92. The van der Waals surface area contributed by atoms with Crippen molar-refractivity contribution in [1.29, 1.82) is 0 Å². The number of fused-ring (bicyclic) bond motifs is 1. The van der Waals surface area contributed by atoms with Gasteiger partial charge in [0.2, 0.25) is 0 Å². The number of imidazole rings is 1. The molecule has 0 saturated carbocycles. The molecule has 2 aliphatic heterocycles. The van der Waals surface area contributed by atoms with E-state index in [2.05, 4.69) is 9.55 Å². The summed E-state index contributed by atoms with van der Waals surface area (Å²) in [5.41, 5.74) is 0.495. The van der Waals surface area contributed by atoms with E-state index in [4.69, 9.17) is 4.74 Å². The number of carbonyl (C=O) groups is 1. The Labute approximate surface area is 107 Å². The van der Waals surface area contributed by atoms with Gasteiger partial charge < -0.3 is 14.2 Å². The molecule has 2 aliphatic rings. The van der Waals surface area contributed by atoms with Crippen LogP contribution < -0.4 is 0 Å². The second-order valence-electron chi connectivity index (χ2n) is 5.34. The monoisotopic (exact) mass is 249 g/mol. The van der Waals surface area contributed by atoms with E-state index in [0.717, 1.165) is 38.0 Å². The van der Waals surface area contributed by atoms with Gasteiger partial charge in [-0.2, -0.15) is 0 Å². The first-order chi connectivity index (χ1) is 8.69. The standard InChI is InChI=1S/C13H19N3O2/c1-13(4-2-3-7-18-13)12(17)15-5-6-16-10-14-8-11(16)9-15/h8,10H,2-7,9H2,1H3. The van der Waals surface area contributed by atoms with E-state index in [1.54, 1.807) is 0 Å². The highest BCUT2D eigenvalue weighted by Gasteiger charge is 2.39. The van der Waals surface area contributed by atoms with Crippen LogP contribution in [0.2, 0.25) is 0 Å². The molecule has 1 saturated heterocycles. The summed E-state index contributed by atoms with van der Waals surface area (Å²) in [6.45, 7) is 4.87. The Hall–Kier alpha value is -1.36. The lowest BCUT2D eigenvalue weighted by Gasteiger charge is -2.38. The first kappa shape index (κ1) is 11.7. The highest BCUT2D eigenvalue weighted by atomic mass is 16.5. The first-order valence-electron chi connectivity index (χ1n) is 6.61. The highest BCUT2D eigenvalue weighted by molar-refractivity contribution is 5.85. The number of aromatic nitrogens is 2. The number of hydrogen-bond acceptors (Lipinski definition) is 3. The number of rotatable bonds is 1. The normalized spacial score (nSPS) is 27.9. The molecular weight excluding hydrogens is 230 g/mol. The lowest BCUT2D eigenvalue weighted by molar-refractivity contribution is -0.163. The Morgan fingerprint density at radius 2 is 2.33 bits per heavy atom. The SMILES string of the molecule is CC1(C(=O)N2CCn3cncc3C2)CCCCO1. The van der Waals surface area contributed by atoms with Gasteiger partial charge in [0.1, 0.15) is 5.60 Å². The second-order valence-corrected chi connectivity index (χ2v) is 5.34. The number of amides is 1. The molecule has 0 N–H and O–H groups in total. The number of ether oxygens (including phenoxy) is 1. The van der Waals surface area contributed by atoms with Gasteiger partial charge in [0, 0.05) is 25.9 Å². The quantitative estimate of drug-likeness (QED) is 0.751. The van der Waals surface area contributed by atoms with Crippen molar-refractivity contribution in [3.05, 3.63) is 18.2 Å². The lowest BCUT2D eigenvalue weighted by Crippen LogP contribution is -2.52. The maximum Gasteiger partial charge on any atom is 0.254 e. The smallest absolute Gasteiger partial charge is 0.254 e. The summed E-state index contributed by atoms with van der Waals surface area (Å²) < 4.78 is 7.84. The summed E-state index contributed by atoms with van der Waals surface area (Å²) in [5.74, 6) is 0.134. The average molecular weight is 249 g/mol. The van der Waals surface area contributed by atoms with Crippen molar-refractivity contribution in [1.82, 2.24) is 14.5 Å². The van der Waals surface area contributed by atoms with Crippen molar-refractivity contribution in [2.45, 2.75) is 44.9 Å². The minimum atomic E-state index is -0.611. The fraction of sp³-hybridized carbons (Fsp3) is 0.692. The molecule has 3 rings (SSSR count). The van der Waals surface area contributed by atoms with Crippen LogP contribution in [-0.2, 0) is 22.6 Å². The average Bonchev–Trinajstić information content (AvgIpc) is 2.86. The van der Waals surface area contributed by atoms with Crippen molar-refractivity contribution in [2.24, 2.45) is 0 Å². The molecule has 5 nitrogen and oxygen atoms in total. The van der Waals surface area contributed by atoms with Gasteiger partial charge in [0.25, 0.3) is 5.91 Å². The van der Waals surface area contributed by atoms with Gasteiger partial charge >= 0.3 is 0 Å². The van der Waals surface area contributed by atoms with Crippen molar-refractivity contribution in [2.75, 3.05) is 13.2 Å². The molecule has 3 heterocycles. The van der Waals surface area contributed by atoms with E-state index < -0.39 is 5.60 Å². The first-order valence-corrected chi connectivity index (χ1v) is 6.61. The van der Waals surface area contributed by atoms with Crippen LogP contribution in [-0.4, -0.2) is 39.1 Å². The van der Waals surface area contributed by atoms with Gasteiger partial charge in [-0.3, -0.25) is 4.79 Å². The number of nitrogens with zero attached hydrogens (tertiary/aromatic N) is 3. The molecule has 5 heteroatoms. The van der Waals surface area contributed by atoms with E-state index in [0.29, 0.717) is 13.2 Å². The van der Waals surface area contributed by atoms with Crippen LogP contribution in [0.1, 0.15) is 31.9 Å². The van der Waals surface area contributed by atoms with Gasteiger partial charge in [-0.05, 0) is 26.2 Å². The summed E-state index contributed by atoms with van der Waals surface area (Å²) in [4.78, 5) is 18.6. The molecule has 1 fully saturated rings. The van der Waals surface area contributed by atoms with E-state index in [9.17, 15) is 4.79 Å². The number of hydrogen-bond donors (Lipinski definition) is 0. The van der Waals surface area contributed by atoms with E-state index in [1.807, 2.05) is 24.3 Å². The predicted molar refractivity (Wildman–Crippen MR) is 65.9 cm³/mol. The van der Waals surface area contributed by atoms with Crippen molar-refractivity contribution >= 4 is 5.91 Å². The number of carbonyl (C=O) groups excluding carboxylic acids is 1. The fourth-order valence-corrected chi connectivity index (χ4v) is 2.79. The van der Waals surface area contributed by atoms with Crippen LogP contribution in [0.5, 0.6) is 0 Å². The molecule has 1 unspecified atom stereocenters. The van der Waals surface area contributed by atoms with Crippen molar-refractivity contribution < 1.29 is 9.53 Å². The summed E-state index contributed by atoms with van der Waals surface area (Å²) in [6, 6.07) is 0. The maximum atomic E-state index is 12.6. The Kier molecular flexibility index (Phi) is 2.86. The van der Waals surface area contributed by atoms with Crippen LogP contribution in [0.15, 0.2) is 12.5 Å². The van der Waals surface area contributed by atoms with Gasteiger partial charge in [-0.25, -0.2) is 4.98 Å². The molecule has 0 bridgehead atoms. The van der Waals surface area contributed by atoms with Gasteiger partial charge in [0.15, 0.2) is 0 Å². The zero-order valence-electron chi connectivity index (χ0n) is 10.8. The largest absolute Gasteiger partial charge is 0.365 e. The summed E-state index contributed by atoms with van der Waals surface area (Å²) >= 11 is 0. The molecule has 1 aromatic heterocycles. The maximum absolute atomic E-state index is 12.6.